The first-order valence-corrected chi connectivity index (χ1v) is 14.9. The molecule has 0 unspecified atom stereocenters. The van der Waals surface area contributed by atoms with Crippen LogP contribution in [0.2, 0.25) is 10.0 Å². The molecule has 40 heavy (non-hydrogen) atoms. The minimum absolute atomic E-state index is 0.105. The third-order valence-corrected chi connectivity index (χ3v) is 8.72. The van der Waals surface area contributed by atoms with Gasteiger partial charge in [0.2, 0.25) is 0 Å². The number of carbonyl (C=O) groups is 1. The van der Waals surface area contributed by atoms with E-state index in [0.29, 0.717) is 22.2 Å². The molecule has 7 nitrogen and oxygen atoms in total. The van der Waals surface area contributed by atoms with E-state index in [4.69, 9.17) is 23.2 Å². The number of hydrogen-bond acceptors (Lipinski definition) is 4. The Labute approximate surface area is 245 Å². The van der Waals surface area contributed by atoms with Gasteiger partial charge in [-0.3, -0.25) is 9.10 Å². The molecule has 4 rings (SSSR count). The predicted octanol–water partition coefficient (Wildman–Crippen LogP) is 6.62. The molecule has 208 valence electrons. The second-order valence-electron chi connectivity index (χ2n) is 9.39. The van der Waals surface area contributed by atoms with E-state index in [1.54, 1.807) is 42.5 Å². The number of aromatic nitrogens is 1. The maximum atomic E-state index is 13.7. The van der Waals surface area contributed by atoms with E-state index < -0.39 is 22.5 Å². The first-order valence-electron chi connectivity index (χ1n) is 12.7. The van der Waals surface area contributed by atoms with Crippen LogP contribution < -0.4 is 9.73 Å². The third-order valence-electron chi connectivity index (χ3n) is 6.51. The van der Waals surface area contributed by atoms with Crippen molar-refractivity contribution in [1.29, 1.82) is 0 Å². The molecule has 1 heterocycles. The number of aryl methyl sites for hydroxylation is 3. The SMILES string of the molecule is CCc1ccccc1N(CC(=O)N/N=C\c1cc(C)n(-c2cc(Cl)cc(Cl)c2)c1C)S(=O)(=O)c1ccc(C)cc1. The van der Waals surface area contributed by atoms with Crippen LogP contribution in [0.25, 0.3) is 5.69 Å². The largest absolute Gasteiger partial charge is 0.318 e. The lowest BCUT2D eigenvalue weighted by Gasteiger charge is -2.25. The standard InChI is InChI=1S/C30H30Cl2N4O3S/c1-5-23-8-6-7-9-29(23)35(40(38,39)28-12-10-20(2)11-13-28)19-30(37)34-33-18-24-14-21(3)36(22(24)4)27-16-25(31)15-26(32)17-27/h6-18H,5,19H2,1-4H3,(H,34,37)/b33-18-. The molecule has 0 aliphatic carbocycles. The average molecular weight is 598 g/mol. The van der Waals surface area contributed by atoms with Gasteiger partial charge >= 0.3 is 0 Å². The van der Waals surface area contributed by atoms with Crippen molar-refractivity contribution in [3.05, 3.63) is 111 Å². The molecule has 0 fully saturated rings. The number of benzene rings is 3. The Bertz CT molecular complexity index is 1660. The van der Waals surface area contributed by atoms with Gasteiger partial charge in [0, 0.05) is 32.7 Å². The van der Waals surface area contributed by atoms with Crippen LogP contribution in [0.3, 0.4) is 0 Å². The van der Waals surface area contributed by atoms with Gasteiger partial charge in [-0.15, -0.1) is 0 Å². The normalized spacial score (nSPS) is 11.7. The molecule has 10 heteroatoms. The summed E-state index contributed by atoms with van der Waals surface area (Å²) in [4.78, 5) is 13.1. The van der Waals surface area contributed by atoms with Crippen LogP contribution in [0.1, 0.15) is 35.0 Å². The molecule has 0 saturated carbocycles. The van der Waals surface area contributed by atoms with E-state index in [-0.39, 0.29) is 4.90 Å². The van der Waals surface area contributed by atoms with Gasteiger partial charge in [-0.1, -0.05) is 66.0 Å². The second kappa shape index (κ2) is 12.3. The lowest BCUT2D eigenvalue weighted by atomic mass is 10.1. The maximum absolute atomic E-state index is 13.7. The number of carbonyl (C=O) groups excluding carboxylic acids is 1. The summed E-state index contributed by atoms with van der Waals surface area (Å²) in [6.07, 6.45) is 2.13. The number of nitrogens with zero attached hydrogens (tertiary/aromatic N) is 3. The van der Waals surface area contributed by atoms with Gasteiger partial charge in [0.1, 0.15) is 6.54 Å². The minimum Gasteiger partial charge on any atom is -0.318 e. The van der Waals surface area contributed by atoms with Crippen molar-refractivity contribution in [1.82, 2.24) is 9.99 Å². The molecule has 0 aliphatic rings. The molecule has 1 N–H and O–H groups in total. The smallest absolute Gasteiger partial charge is 0.264 e. The highest BCUT2D eigenvalue weighted by molar-refractivity contribution is 7.92. The van der Waals surface area contributed by atoms with Crippen LogP contribution in [0.15, 0.2) is 82.8 Å². The Balaban J connectivity index is 1.59. The first kappa shape index (κ1) is 29.4. The van der Waals surface area contributed by atoms with Crippen LogP contribution in [0, 0.1) is 20.8 Å². The Kier molecular flexibility index (Phi) is 9.03. The van der Waals surface area contributed by atoms with E-state index in [1.165, 1.54) is 6.21 Å². The summed E-state index contributed by atoms with van der Waals surface area (Å²) in [6.45, 7) is 7.24. The summed E-state index contributed by atoms with van der Waals surface area (Å²) < 4.78 is 30.5. The lowest BCUT2D eigenvalue weighted by Crippen LogP contribution is -2.40. The van der Waals surface area contributed by atoms with Crippen LogP contribution in [-0.2, 0) is 21.2 Å². The number of rotatable bonds is 9. The molecular formula is C30H30Cl2N4O3S. The van der Waals surface area contributed by atoms with E-state index in [0.717, 1.165) is 38.1 Å². The second-order valence-corrected chi connectivity index (χ2v) is 12.1. The number of halogens is 2. The zero-order chi connectivity index (χ0) is 29.0. The van der Waals surface area contributed by atoms with Crippen LogP contribution in [0.4, 0.5) is 5.69 Å². The average Bonchev–Trinajstić information content (AvgIpc) is 3.19. The van der Waals surface area contributed by atoms with Crippen molar-refractivity contribution < 1.29 is 13.2 Å². The van der Waals surface area contributed by atoms with Gasteiger partial charge in [-0.25, -0.2) is 13.8 Å². The summed E-state index contributed by atoms with van der Waals surface area (Å²) in [5.41, 5.74) is 8.06. The van der Waals surface area contributed by atoms with Crippen molar-refractivity contribution in [3.63, 3.8) is 0 Å². The third kappa shape index (κ3) is 6.41. The molecule has 0 atom stereocenters. The van der Waals surface area contributed by atoms with E-state index in [9.17, 15) is 13.2 Å². The zero-order valence-corrected chi connectivity index (χ0v) is 25.0. The monoisotopic (exact) mass is 596 g/mol. The van der Waals surface area contributed by atoms with Crippen LogP contribution in [-0.4, -0.2) is 31.7 Å². The lowest BCUT2D eigenvalue weighted by molar-refractivity contribution is -0.119. The molecule has 0 spiro atoms. The highest BCUT2D eigenvalue weighted by atomic mass is 35.5. The summed E-state index contributed by atoms with van der Waals surface area (Å²) in [5.74, 6) is -0.576. The number of hydrazone groups is 1. The molecule has 1 amide bonds. The van der Waals surface area contributed by atoms with Crippen LogP contribution in [0.5, 0.6) is 0 Å². The number of para-hydroxylation sites is 1. The molecule has 0 saturated heterocycles. The number of hydrogen-bond donors (Lipinski definition) is 1. The van der Waals surface area contributed by atoms with Crippen molar-refractivity contribution in [2.45, 2.75) is 39.0 Å². The molecule has 0 bridgehead atoms. The van der Waals surface area contributed by atoms with Gasteiger partial charge in [0.15, 0.2) is 0 Å². The summed E-state index contributed by atoms with van der Waals surface area (Å²) in [7, 11) is -4.03. The molecule has 1 aromatic heterocycles. The first-order chi connectivity index (χ1) is 19.0. The summed E-state index contributed by atoms with van der Waals surface area (Å²) in [6, 6.07) is 20.9. The van der Waals surface area contributed by atoms with Gasteiger partial charge in [-0.05, 0) is 75.2 Å². The Morgan fingerprint density at radius 1 is 0.975 bits per heavy atom. The quantitative estimate of drug-likeness (QED) is 0.174. The number of amides is 1. The van der Waals surface area contributed by atoms with Gasteiger partial charge in [-0.2, -0.15) is 5.10 Å². The summed E-state index contributed by atoms with van der Waals surface area (Å²) >= 11 is 12.4. The Hall–Kier alpha value is -3.59. The molecular weight excluding hydrogens is 567 g/mol. The van der Waals surface area contributed by atoms with Crippen molar-refractivity contribution >= 4 is 51.0 Å². The van der Waals surface area contributed by atoms with E-state index in [1.807, 2.05) is 62.6 Å². The fourth-order valence-electron chi connectivity index (χ4n) is 4.51. The number of anilines is 1. The summed E-state index contributed by atoms with van der Waals surface area (Å²) in [5, 5.41) is 5.17. The van der Waals surface area contributed by atoms with Gasteiger partial charge in [0.05, 0.1) is 16.8 Å². The number of nitrogens with one attached hydrogen (secondary N) is 1. The fraction of sp³-hybridized carbons (Fsp3) is 0.200. The Morgan fingerprint density at radius 3 is 2.27 bits per heavy atom. The minimum atomic E-state index is -4.03. The zero-order valence-electron chi connectivity index (χ0n) is 22.7. The molecule has 3 aromatic carbocycles. The predicted molar refractivity (Wildman–Crippen MR) is 163 cm³/mol. The van der Waals surface area contributed by atoms with Gasteiger partial charge < -0.3 is 4.57 Å². The molecule has 0 radical (unpaired) electrons. The van der Waals surface area contributed by atoms with Gasteiger partial charge in [0.25, 0.3) is 15.9 Å². The van der Waals surface area contributed by atoms with Crippen molar-refractivity contribution in [3.8, 4) is 5.69 Å². The highest BCUT2D eigenvalue weighted by Gasteiger charge is 2.28. The van der Waals surface area contributed by atoms with E-state index >= 15 is 0 Å². The Morgan fingerprint density at radius 2 is 1.62 bits per heavy atom. The number of sulfonamides is 1. The van der Waals surface area contributed by atoms with Crippen molar-refractivity contribution in [2.75, 3.05) is 10.8 Å². The highest BCUT2D eigenvalue weighted by Crippen LogP contribution is 2.28. The molecule has 0 aliphatic heterocycles. The van der Waals surface area contributed by atoms with E-state index in [2.05, 4.69) is 10.5 Å². The maximum Gasteiger partial charge on any atom is 0.264 e. The topological polar surface area (TPSA) is 83.8 Å². The van der Waals surface area contributed by atoms with Crippen LogP contribution >= 0.6 is 23.2 Å². The fourth-order valence-corrected chi connectivity index (χ4v) is 6.49. The molecule has 4 aromatic rings. The van der Waals surface area contributed by atoms with Crippen molar-refractivity contribution in [2.24, 2.45) is 5.10 Å².